The standard InChI is InChI=1S/C13H17ClN4O2S/c1-10-8-11(14)12(15)9-13(10)21(19,20)17-5-3-7-18-6-2-4-16-18/h2,4,6,8-9,17H,3,5,7,15H2,1H3. The number of nitrogens with one attached hydrogen (secondary N) is 1. The molecule has 0 bridgehead atoms. The SMILES string of the molecule is Cc1cc(Cl)c(N)cc1S(=O)(=O)NCCCn1cccn1. The lowest BCUT2D eigenvalue weighted by Gasteiger charge is -2.11. The Bertz CT molecular complexity index is 714. The third-order valence-corrected chi connectivity index (χ3v) is 4.93. The number of rotatable bonds is 6. The molecule has 0 atom stereocenters. The van der Waals surface area contributed by atoms with Gasteiger partial charge in [-0.25, -0.2) is 13.1 Å². The van der Waals surface area contributed by atoms with Crippen LogP contribution in [0.3, 0.4) is 0 Å². The van der Waals surface area contributed by atoms with Gasteiger partial charge in [0.25, 0.3) is 0 Å². The Morgan fingerprint density at radius 2 is 2.19 bits per heavy atom. The molecule has 8 heteroatoms. The zero-order valence-electron chi connectivity index (χ0n) is 11.6. The molecule has 0 saturated carbocycles. The van der Waals surface area contributed by atoms with Gasteiger partial charge in [0, 0.05) is 25.5 Å². The molecule has 2 rings (SSSR count). The molecule has 1 heterocycles. The van der Waals surface area contributed by atoms with Crippen LogP contribution in [-0.4, -0.2) is 24.7 Å². The molecule has 0 aliphatic carbocycles. The smallest absolute Gasteiger partial charge is 0.240 e. The van der Waals surface area contributed by atoms with Gasteiger partial charge in [-0.1, -0.05) is 11.6 Å². The second-order valence-electron chi connectivity index (χ2n) is 4.66. The van der Waals surface area contributed by atoms with E-state index in [4.69, 9.17) is 17.3 Å². The van der Waals surface area contributed by atoms with E-state index >= 15 is 0 Å². The van der Waals surface area contributed by atoms with Crippen molar-refractivity contribution in [1.29, 1.82) is 0 Å². The maximum atomic E-state index is 12.2. The predicted octanol–water partition coefficient (Wildman–Crippen LogP) is 1.80. The normalized spacial score (nSPS) is 11.7. The van der Waals surface area contributed by atoms with Gasteiger partial charge in [0.1, 0.15) is 0 Å². The number of nitrogens with zero attached hydrogens (tertiary/aromatic N) is 2. The number of nitrogens with two attached hydrogens (primary N) is 1. The molecular weight excluding hydrogens is 312 g/mol. The van der Waals surface area contributed by atoms with E-state index in [1.807, 2.05) is 12.3 Å². The lowest BCUT2D eigenvalue weighted by molar-refractivity contribution is 0.552. The average molecular weight is 329 g/mol. The first-order chi connectivity index (χ1) is 9.90. The van der Waals surface area contributed by atoms with Crippen LogP contribution >= 0.6 is 11.6 Å². The van der Waals surface area contributed by atoms with E-state index in [1.165, 1.54) is 6.07 Å². The molecule has 0 fully saturated rings. The number of aryl methyl sites for hydroxylation is 2. The molecule has 21 heavy (non-hydrogen) atoms. The lowest BCUT2D eigenvalue weighted by Crippen LogP contribution is -2.26. The van der Waals surface area contributed by atoms with Gasteiger partial charge in [-0.15, -0.1) is 0 Å². The summed E-state index contributed by atoms with van der Waals surface area (Å²) >= 11 is 5.87. The Kier molecular flexibility index (Phi) is 4.87. The molecule has 0 amide bonds. The van der Waals surface area contributed by atoms with Crippen LogP contribution in [0.5, 0.6) is 0 Å². The van der Waals surface area contributed by atoms with Crippen LogP contribution in [-0.2, 0) is 16.6 Å². The summed E-state index contributed by atoms with van der Waals surface area (Å²) in [7, 11) is -3.59. The van der Waals surface area contributed by atoms with E-state index in [0.717, 1.165) is 0 Å². The Morgan fingerprint density at radius 1 is 1.43 bits per heavy atom. The van der Waals surface area contributed by atoms with Gasteiger partial charge in [0.15, 0.2) is 0 Å². The number of sulfonamides is 1. The van der Waals surface area contributed by atoms with Gasteiger partial charge in [0.05, 0.1) is 15.6 Å². The van der Waals surface area contributed by atoms with Gasteiger partial charge >= 0.3 is 0 Å². The molecule has 0 aliphatic heterocycles. The van der Waals surface area contributed by atoms with Gasteiger partial charge in [-0.3, -0.25) is 4.68 Å². The Labute approximate surface area is 129 Å². The highest BCUT2D eigenvalue weighted by Gasteiger charge is 2.17. The molecule has 0 saturated heterocycles. The summed E-state index contributed by atoms with van der Waals surface area (Å²) in [5, 5.41) is 4.40. The zero-order chi connectivity index (χ0) is 15.5. The van der Waals surface area contributed by atoms with E-state index in [-0.39, 0.29) is 10.6 Å². The summed E-state index contributed by atoms with van der Waals surface area (Å²) in [6.45, 7) is 2.66. The van der Waals surface area contributed by atoms with Crippen molar-refractivity contribution in [3.8, 4) is 0 Å². The highest BCUT2D eigenvalue weighted by molar-refractivity contribution is 7.89. The molecule has 0 unspecified atom stereocenters. The van der Waals surface area contributed by atoms with Crippen LogP contribution in [0, 0.1) is 6.92 Å². The van der Waals surface area contributed by atoms with Gasteiger partial charge in [-0.05, 0) is 37.1 Å². The first-order valence-corrected chi connectivity index (χ1v) is 8.29. The van der Waals surface area contributed by atoms with Crippen molar-refractivity contribution in [3.05, 3.63) is 41.2 Å². The third-order valence-electron chi connectivity index (χ3n) is 3.00. The number of halogens is 1. The van der Waals surface area contributed by atoms with Crippen molar-refractivity contribution in [3.63, 3.8) is 0 Å². The van der Waals surface area contributed by atoms with Crippen molar-refractivity contribution in [2.24, 2.45) is 0 Å². The minimum Gasteiger partial charge on any atom is -0.397 e. The van der Waals surface area contributed by atoms with Crippen LogP contribution in [0.4, 0.5) is 5.69 Å². The molecule has 0 aliphatic rings. The Hall–Kier alpha value is -1.57. The van der Waals surface area contributed by atoms with E-state index in [0.29, 0.717) is 30.1 Å². The largest absolute Gasteiger partial charge is 0.397 e. The zero-order valence-corrected chi connectivity index (χ0v) is 13.2. The minimum absolute atomic E-state index is 0.156. The molecule has 0 radical (unpaired) electrons. The fraction of sp³-hybridized carbons (Fsp3) is 0.308. The van der Waals surface area contributed by atoms with Crippen LogP contribution in [0.1, 0.15) is 12.0 Å². The number of aromatic nitrogens is 2. The summed E-state index contributed by atoms with van der Waals surface area (Å²) in [6.07, 6.45) is 4.16. The molecule has 1 aromatic carbocycles. The van der Waals surface area contributed by atoms with Crippen molar-refractivity contribution in [2.75, 3.05) is 12.3 Å². The van der Waals surface area contributed by atoms with Crippen molar-refractivity contribution >= 4 is 27.3 Å². The van der Waals surface area contributed by atoms with Crippen molar-refractivity contribution in [1.82, 2.24) is 14.5 Å². The first-order valence-electron chi connectivity index (χ1n) is 6.43. The number of nitrogen functional groups attached to an aromatic ring is 1. The highest BCUT2D eigenvalue weighted by Crippen LogP contribution is 2.25. The van der Waals surface area contributed by atoms with E-state index < -0.39 is 10.0 Å². The van der Waals surface area contributed by atoms with Crippen LogP contribution in [0.15, 0.2) is 35.5 Å². The fourth-order valence-corrected chi connectivity index (χ4v) is 3.47. The number of hydrogen-bond donors (Lipinski definition) is 2. The number of benzene rings is 1. The second kappa shape index (κ2) is 6.46. The van der Waals surface area contributed by atoms with Crippen molar-refractivity contribution in [2.45, 2.75) is 24.8 Å². The number of anilines is 1. The second-order valence-corrected chi connectivity index (χ2v) is 6.80. The van der Waals surface area contributed by atoms with Crippen LogP contribution in [0.2, 0.25) is 5.02 Å². The molecule has 2 aromatic rings. The molecular formula is C13H17ClN4O2S. The maximum Gasteiger partial charge on any atom is 0.240 e. The third kappa shape index (κ3) is 3.96. The quantitative estimate of drug-likeness (QED) is 0.625. The Morgan fingerprint density at radius 3 is 2.86 bits per heavy atom. The predicted molar refractivity (Wildman–Crippen MR) is 82.6 cm³/mol. The van der Waals surface area contributed by atoms with Gasteiger partial charge in [-0.2, -0.15) is 5.10 Å². The van der Waals surface area contributed by atoms with Crippen molar-refractivity contribution < 1.29 is 8.42 Å². The first kappa shape index (κ1) is 15.8. The lowest BCUT2D eigenvalue weighted by atomic mass is 10.2. The summed E-state index contributed by atoms with van der Waals surface area (Å²) in [5.41, 5.74) is 6.48. The monoisotopic (exact) mass is 328 g/mol. The number of hydrogen-bond acceptors (Lipinski definition) is 4. The highest BCUT2D eigenvalue weighted by atomic mass is 35.5. The van der Waals surface area contributed by atoms with Crippen LogP contribution in [0.25, 0.3) is 0 Å². The van der Waals surface area contributed by atoms with Gasteiger partial charge < -0.3 is 5.73 Å². The molecule has 3 N–H and O–H groups in total. The Balaban J connectivity index is 2.00. The molecule has 1 aromatic heterocycles. The van der Waals surface area contributed by atoms with Gasteiger partial charge in [0.2, 0.25) is 10.0 Å². The van der Waals surface area contributed by atoms with Crippen LogP contribution < -0.4 is 10.5 Å². The van der Waals surface area contributed by atoms with E-state index in [9.17, 15) is 8.42 Å². The molecule has 6 nitrogen and oxygen atoms in total. The average Bonchev–Trinajstić information content (AvgIpc) is 2.92. The topological polar surface area (TPSA) is 90.0 Å². The minimum atomic E-state index is -3.59. The molecule has 114 valence electrons. The molecule has 0 spiro atoms. The summed E-state index contributed by atoms with van der Waals surface area (Å²) in [5.74, 6) is 0. The van der Waals surface area contributed by atoms with E-state index in [2.05, 4.69) is 9.82 Å². The summed E-state index contributed by atoms with van der Waals surface area (Å²) < 4.78 is 28.8. The fourth-order valence-electron chi connectivity index (χ4n) is 1.92. The van der Waals surface area contributed by atoms with E-state index in [1.54, 1.807) is 23.9 Å². The maximum absolute atomic E-state index is 12.2. The summed E-state index contributed by atoms with van der Waals surface area (Å²) in [6, 6.07) is 4.76. The summed E-state index contributed by atoms with van der Waals surface area (Å²) in [4.78, 5) is 0.156.